The van der Waals surface area contributed by atoms with Crippen LogP contribution in [0, 0.1) is 0 Å². The van der Waals surface area contributed by atoms with Crippen LogP contribution in [-0.2, 0) is 13.1 Å². The normalized spacial score (nSPS) is 17.9. The Labute approximate surface area is 169 Å². The average molecular weight is 395 g/mol. The summed E-state index contributed by atoms with van der Waals surface area (Å²) >= 11 is 6.27. The first-order valence-electron chi connectivity index (χ1n) is 9.75. The number of rotatable bonds is 2. The van der Waals surface area contributed by atoms with Gasteiger partial charge in [0.05, 0.1) is 24.1 Å². The summed E-state index contributed by atoms with van der Waals surface area (Å²) in [6.07, 6.45) is 5.89. The van der Waals surface area contributed by atoms with Gasteiger partial charge >= 0.3 is 0 Å². The molecular weight excluding hydrogens is 372 g/mol. The molecule has 1 saturated heterocycles. The minimum atomic E-state index is 0.404. The second kappa shape index (κ2) is 7.18. The van der Waals surface area contributed by atoms with Crippen LogP contribution < -0.4 is 4.90 Å². The Hall–Kier alpha value is -2.44. The first-order chi connectivity index (χ1) is 13.7. The lowest BCUT2D eigenvalue weighted by Crippen LogP contribution is -2.33. The van der Waals surface area contributed by atoms with Crippen LogP contribution in [0.25, 0.3) is 5.69 Å². The van der Waals surface area contributed by atoms with Crippen LogP contribution in [-0.4, -0.2) is 44.8 Å². The summed E-state index contributed by atoms with van der Waals surface area (Å²) in [4.78, 5) is 8.92. The first kappa shape index (κ1) is 17.6. The van der Waals surface area contributed by atoms with E-state index < -0.39 is 0 Å². The number of aromatic nitrogens is 4. The standard InChI is InChI=1S/C21H23ClN6/c1-26-13-16-11-17(22)4-5-19(16)28-20(14-26)24-25-21(28)15-6-9-27(10-7-15)18-3-2-8-23-12-18/h2-5,8,11-12,15H,6-7,9-10,13-14H2,1H3. The Morgan fingerprint density at radius 2 is 1.93 bits per heavy atom. The maximum Gasteiger partial charge on any atom is 0.151 e. The molecule has 0 bridgehead atoms. The molecular formula is C21H23ClN6. The van der Waals surface area contributed by atoms with Crippen LogP contribution in [0.2, 0.25) is 5.02 Å². The molecule has 1 aromatic carbocycles. The van der Waals surface area contributed by atoms with Crippen LogP contribution in [0.1, 0.15) is 36.0 Å². The summed E-state index contributed by atoms with van der Waals surface area (Å²) in [5, 5.41) is 9.97. The monoisotopic (exact) mass is 394 g/mol. The first-order valence-corrected chi connectivity index (χ1v) is 10.1. The molecule has 0 atom stereocenters. The van der Waals surface area contributed by atoms with Crippen molar-refractivity contribution in [3.05, 3.63) is 65.0 Å². The van der Waals surface area contributed by atoms with Gasteiger partial charge in [0.15, 0.2) is 5.82 Å². The van der Waals surface area contributed by atoms with Gasteiger partial charge in [0, 0.05) is 36.8 Å². The van der Waals surface area contributed by atoms with Gasteiger partial charge in [-0.1, -0.05) is 11.6 Å². The Kier molecular flexibility index (Phi) is 4.53. The van der Waals surface area contributed by atoms with Gasteiger partial charge in [-0.15, -0.1) is 10.2 Å². The van der Waals surface area contributed by atoms with Gasteiger partial charge in [0.25, 0.3) is 0 Å². The number of fused-ring (bicyclic) bond motifs is 3. The van der Waals surface area contributed by atoms with Crippen molar-refractivity contribution in [1.29, 1.82) is 0 Å². The van der Waals surface area contributed by atoms with E-state index in [0.29, 0.717) is 5.92 Å². The molecule has 0 amide bonds. The van der Waals surface area contributed by atoms with E-state index in [1.165, 1.54) is 16.9 Å². The summed E-state index contributed by atoms with van der Waals surface area (Å²) in [5.41, 5.74) is 3.59. The highest BCUT2D eigenvalue weighted by Gasteiger charge is 2.29. The molecule has 0 N–H and O–H groups in total. The predicted molar refractivity (Wildman–Crippen MR) is 110 cm³/mol. The van der Waals surface area contributed by atoms with Gasteiger partial charge in [0.1, 0.15) is 5.82 Å². The van der Waals surface area contributed by atoms with E-state index >= 15 is 0 Å². The van der Waals surface area contributed by atoms with Crippen molar-refractivity contribution in [2.24, 2.45) is 0 Å². The summed E-state index contributed by atoms with van der Waals surface area (Å²) < 4.78 is 2.28. The number of benzene rings is 1. The van der Waals surface area contributed by atoms with E-state index in [0.717, 1.165) is 55.7 Å². The van der Waals surface area contributed by atoms with Crippen molar-refractivity contribution in [2.75, 3.05) is 25.0 Å². The van der Waals surface area contributed by atoms with Gasteiger partial charge in [0.2, 0.25) is 0 Å². The number of nitrogens with zero attached hydrogens (tertiary/aromatic N) is 6. The Morgan fingerprint density at radius 3 is 2.71 bits per heavy atom. The van der Waals surface area contributed by atoms with Gasteiger partial charge in [-0.3, -0.25) is 14.5 Å². The third-order valence-corrected chi connectivity index (χ3v) is 6.00. The second-order valence-electron chi connectivity index (χ2n) is 7.73. The number of halogens is 1. The van der Waals surface area contributed by atoms with Gasteiger partial charge < -0.3 is 4.90 Å². The lowest BCUT2D eigenvalue weighted by molar-refractivity contribution is 0.315. The molecule has 3 aromatic rings. The van der Waals surface area contributed by atoms with Crippen molar-refractivity contribution < 1.29 is 0 Å². The van der Waals surface area contributed by atoms with Crippen LogP contribution in [0.3, 0.4) is 0 Å². The molecule has 0 radical (unpaired) electrons. The highest BCUT2D eigenvalue weighted by atomic mass is 35.5. The molecule has 7 heteroatoms. The second-order valence-corrected chi connectivity index (χ2v) is 8.16. The summed E-state index contributed by atoms with van der Waals surface area (Å²) in [6, 6.07) is 10.3. The Morgan fingerprint density at radius 1 is 1.07 bits per heavy atom. The highest BCUT2D eigenvalue weighted by molar-refractivity contribution is 6.30. The molecule has 0 spiro atoms. The molecule has 5 rings (SSSR count). The fourth-order valence-corrected chi connectivity index (χ4v) is 4.58. The maximum atomic E-state index is 6.27. The minimum Gasteiger partial charge on any atom is -0.370 e. The molecule has 0 aliphatic carbocycles. The molecule has 2 aromatic heterocycles. The van der Waals surface area contributed by atoms with Crippen molar-refractivity contribution in [3.63, 3.8) is 0 Å². The zero-order chi connectivity index (χ0) is 19.1. The topological polar surface area (TPSA) is 50.1 Å². The zero-order valence-corrected chi connectivity index (χ0v) is 16.7. The highest BCUT2D eigenvalue weighted by Crippen LogP contribution is 2.34. The molecule has 1 fully saturated rings. The average Bonchev–Trinajstić information content (AvgIpc) is 3.06. The quantitative estimate of drug-likeness (QED) is 0.664. The summed E-state index contributed by atoms with van der Waals surface area (Å²) in [7, 11) is 2.11. The summed E-state index contributed by atoms with van der Waals surface area (Å²) in [6.45, 7) is 3.66. The van der Waals surface area contributed by atoms with E-state index in [4.69, 9.17) is 11.6 Å². The molecule has 2 aliphatic rings. The number of hydrogen-bond acceptors (Lipinski definition) is 5. The molecule has 28 heavy (non-hydrogen) atoms. The third kappa shape index (κ3) is 3.16. The van der Waals surface area contributed by atoms with Crippen molar-refractivity contribution in [3.8, 4) is 5.69 Å². The lowest BCUT2D eigenvalue weighted by Gasteiger charge is -2.33. The van der Waals surface area contributed by atoms with E-state index in [1.807, 2.05) is 24.5 Å². The largest absolute Gasteiger partial charge is 0.370 e. The van der Waals surface area contributed by atoms with Crippen LogP contribution >= 0.6 is 11.6 Å². The SMILES string of the molecule is CN1Cc2cc(Cl)ccc2-n2c(nnc2C2CCN(c3cccnc3)CC2)C1. The number of pyridine rings is 1. The molecule has 2 aliphatic heterocycles. The van der Waals surface area contributed by atoms with Gasteiger partial charge in [-0.05, 0) is 55.8 Å². The van der Waals surface area contributed by atoms with E-state index in [-0.39, 0.29) is 0 Å². The van der Waals surface area contributed by atoms with Crippen molar-refractivity contribution in [1.82, 2.24) is 24.6 Å². The van der Waals surface area contributed by atoms with Gasteiger partial charge in [-0.25, -0.2) is 0 Å². The van der Waals surface area contributed by atoms with E-state index in [1.54, 1.807) is 0 Å². The van der Waals surface area contributed by atoms with Crippen LogP contribution in [0.4, 0.5) is 5.69 Å². The number of anilines is 1. The lowest BCUT2D eigenvalue weighted by atomic mass is 9.95. The van der Waals surface area contributed by atoms with E-state index in [2.05, 4.69) is 54.8 Å². The molecule has 0 unspecified atom stereocenters. The predicted octanol–water partition coefficient (Wildman–Crippen LogP) is 3.65. The number of hydrogen-bond donors (Lipinski definition) is 0. The third-order valence-electron chi connectivity index (χ3n) is 5.76. The Bertz CT molecular complexity index is 978. The number of piperidine rings is 1. The van der Waals surface area contributed by atoms with E-state index in [9.17, 15) is 0 Å². The molecule has 144 valence electrons. The molecule has 6 nitrogen and oxygen atoms in total. The zero-order valence-electron chi connectivity index (χ0n) is 15.9. The van der Waals surface area contributed by atoms with Crippen LogP contribution in [0.5, 0.6) is 0 Å². The van der Waals surface area contributed by atoms with Crippen molar-refractivity contribution in [2.45, 2.75) is 31.8 Å². The maximum absolute atomic E-state index is 6.27. The van der Waals surface area contributed by atoms with Crippen molar-refractivity contribution >= 4 is 17.3 Å². The summed E-state index contributed by atoms with van der Waals surface area (Å²) in [5.74, 6) is 2.49. The van der Waals surface area contributed by atoms with Gasteiger partial charge in [-0.2, -0.15) is 0 Å². The fourth-order valence-electron chi connectivity index (χ4n) is 4.38. The van der Waals surface area contributed by atoms with Crippen LogP contribution in [0.15, 0.2) is 42.7 Å². The Balaban J connectivity index is 1.45. The molecule has 4 heterocycles. The smallest absolute Gasteiger partial charge is 0.151 e. The molecule has 0 saturated carbocycles. The fraction of sp³-hybridized carbons (Fsp3) is 0.381. The minimum absolute atomic E-state index is 0.404.